The molecule has 0 aliphatic carbocycles. The molecule has 0 unspecified atom stereocenters. The molecule has 0 atom stereocenters. The molecule has 1 amide bonds. The van der Waals surface area contributed by atoms with E-state index in [2.05, 4.69) is 26.2 Å². The Labute approximate surface area is 141 Å². The second-order valence-electron chi connectivity index (χ2n) is 4.89. The van der Waals surface area contributed by atoms with E-state index in [1.54, 1.807) is 18.3 Å². The molecule has 0 bridgehead atoms. The first-order chi connectivity index (χ1) is 11.2. The third-order valence-electron chi connectivity index (χ3n) is 3.26. The number of amides is 1. The van der Waals surface area contributed by atoms with Crippen molar-refractivity contribution in [2.45, 2.75) is 6.42 Å². The van der Waals surface area contributed by atoms with Crippen molar-refractivity contribution >= 4 is 32.7 Å². The van der Waals surface area contributed by atoms with Crippen molar-refractivity contribution in [3.05, 3.63) is 59.1 Å². The van der Waals surface area contributed by atoms with Gasteiger partial charge in [0, 0.05) is 18.1 Å². The number of rotatable bonds is 6. The standard InChI is InChI=1S/C17H15BrN2O3/c18-15-8-7-14(23-15)17(21)20-10-3-11-22-13-6-1-4-12-5-2-9-19-16(12)13/h1-2,4-9H,3,10-11H2,(H,20,21). The highest BCUT2D eigenvalue weighted by Gasteiger charge is 2.09. The molecule has 2 heterocycles. The van der Waals surface area contributed by atoms with Crippen molar-refractivity contribution < 1.29 is 13.9 Å². The monoisotopic (exact) mass is 374 g/mol. The summed E-state index contributed by atoms with van der Waals surface area (Å²) in [6, 6.07) is 13.0. The Hall–Kier alpha value is -2.34. The summed E-state index contributed by atoms with van der Waals surface area (Å²) in [5.41, 5.74) is 0.847. The van der Waals surface area contributed by atoms with Crippen LogP contribution in [0.5, 0.6) is 5.75 Å². The largest absolute Gasteiger partial charge is 0.491 e. The van der Waals surface area contributed by atoms with Crippen LogP contribution in [0.2, 0.25) is 0 Å². The summed E-state index contributed by atoms with van der Waals surface area (Å²) in [5.74, 6) is 0.808. The SMILES string of the molecule is O=C(NCCCOc1cccc2cccnc12)c1ccc(Br)o1. The molecule has 0 saturated carbocycles. The van der Waals surface area contributed by atoms with E-state index in [4.69, 9.17) is 9.15 Å². The van der Waals surface area contributed by atoms with Crippen LogP contribution in [-0.4, -0.2) is 24.0 Å². The van der Waals surface area contributed by atoms with E-state index in [-0.39, 0.29) is 11.7 Å². The van der Waals surface area contributed by atoms with Crippen LogP contribution in [0.3, 0.4) is 0 Å². The highest BCUT2D eigenvalue weighted by Crippen LogP contribution is 2.22. The van der Waals surface area contributed by atoms with Crippen LogP contribution in [0.4, 0.5) is 0 Å². The lowest BCUT2D eigenvalue weighted by atomic mass is 10.2. The van der Waals surface area contributed by atoms with Crippen molar-refractivity contribution in [2.75, 3.05) is 13.2 Å². The van der Waals surface area contributed by atoms with Gasteiger partial charge in [-0.15, -0.1) is 0 Å². The molecule has 3 aromatic rings. The Morgan fingerprint density at radius 1 is 1.22 bits per heavy atom. The van der Waals surface area contributed by atoms with Crippen LogP contribution in [-0.2, 0) is 0 Å². The first-order valence-electron chi connectivity index (χ1n) is 7.24. The Kier molecular flexibility index (Phi) is 4.92. The summed E-state index contributed by atoms with van der Waals surface area (Å²) in [5, 5.41) is 3.83. The Morgan fingerprint density at radius 2 is 2.09 bits per heavy atom. The van der Waals surface area contributed by atoms with Gasteiger partial charge in [0.05, 0.1) is 6.61 Å². The Balaban J connectivity index is 1.47. The number of hydrogen-bond acceptors (Lipinski definition) is 4. The first kappa shape index (κ1) is 15.6. The molecule has 2 aromatic heterocycles. The van der Waals surface area contributed by atoms with E-state index in [1.807, 2.05) is 30.3 Å². The number of pyridine rings is 1. The summed E-state index contributed by atoms with van der Waals surface area (Å²) in [6.45, 7) is 1.01. The van der Waals surface area contributed by atoms with Crippen LogP contribution in [0, 0.1) is 0 Å². The quantitative estimate of drug-likeness (QED) is 0.666. The fourth-order valence-corrected chi connectivity index (χ4v) is 2.48. The first-order valence-corrected chi connectivity index (χ1v) is 8.03. The van der Waals surface area contributed by atoms with Gasteiger partial charge in [0.15, 0.2) is 10.4 Å². The maximum Gasteiger partial charge on any atom is 0.287 e. The topological polar surface area (TPSA) is 64.4 Å². The summed E-state index contributed by atoms with van der Waals surface area (Å²) in [7, 11) is 0. The number of furan rings is 1. The highest BCUT2D eigenvalue weighted by molar-refractivity contribution is 9.10. The molecule has 1 N–H and O–H groups in total. The number of benzene rings is 1. The van der Waals surface area contributed by atoms with Crippen LogP contribution in [0.1, 0.15) is 17.0 Å². The predicted octanol–water partition coefficient (Wildman–Crippen LogP) is 3.79. The summed E-state index contributed by atoms with van der Waals surface area (Å²) in [4.78, 5) is 16.1. The van der Waals surface area contributed by atoms with Crippen molar-refractivity contribution in [1.82, 2.24) is 10.3 Å². The number of carbonyl (C=O) groups is 1. The molecule has 118 valence electrons. The summed E-state index contributed by atoms with van der Waals surface area (Å²) >= 11 is 3.17. The van der Waals surface area contributed by atoms with Crippen molar-refractivity contribution in [3.63, 3.8) is 0 Å². The van der Waals surface area contributed by atoms with Crippen molar-refractivity contribution in [2.24, 2.45) is 0 Å². The third kappa shape index (κ3) is 3.90. The number of nitrogens with one attached hydrogen (secondary N) is 1. The van der Waals surface area contributed by atoms with Gasteiger partial charge in [0.1, 0.15) is 11.3 Å². The lowest BCUT2D eigenvalue weighted by Gasteiger charge is -2.08. The number of carbonyl (C=O) groups excluding carboxylic acids is 1. The molecule has 0 saturated heterocycles. The molecule has 0 aliphatic rings. The molecule has 1 aromatic carbocycles. The van der Waals surface area contributed by atoms with Gasteiger partial charge in [-0.1, -0.05) is 18.2 Å². The zero-order valence-corrected chi connectivity index (χ0v) is 13.9. The fraction of sp³-hybridized carbons (Fsp3) is 0.176. The Morgan fingerprint density at radius 3 is 2.91 bits per heavy atom. The zero-order chi connectivity index (χ0) is 16.1. The number of para-hydroxylation sites is 1. The van der Waals surface area contributed by atoms with Gasteiger partial charge in [-0.05, 0) is 46.6 Å². The number of nitrogens with zero attached hydrogens (tertiary/aromatic N) is 1. The van der Waals surface area contributed by atoms with Crippen LogP contribution in [0.25, 0.3) is 10.9 Å². The molecule has 23 heavy (non-hydrogen) atoms. The van der Waals surface area contributed by atoms with Gasteiger partial charge in [-0.25, -0.2) is 0 Å². The molecule has 0 spiro atoms. The van der Waals surface area contributed by atoms with E-state index < -0.39 is 0 Å². The lowest BCUT2D eigenvalue weighted by molar-refractivity contribution is 0.0922. The highest BCUT2D eigenvalue weighted by atomic mass is 79.9. The molecule has 0 radical (unpaired) electrons. The number of fused-ring (bicyclic) bond motifs is 1. The minimum atomic E-state index is -0.234. The van der Waals surface area contributed by atoms with Gasteiger partial charge in [-0.2, -0.15) is 0 Å². The number of hydrogen-bond donors (Lipinski definition) is 1. The van der Waals surface area contributed by atoms with Crippen molar-refractivity contribution in [3.8, 4) is 5.75 Å². The molecule has 6 heteroatoms. The molecular weight excluding hydrogens is 360 g/mol. The van der Waals surface area contributed by atoms with Crippen LogP contribution in [0.15, 0.2) is 57.7 Å². The summed E-state index contributed by atoms with van der Waals surface area (Å²) < 4.78 is 11.5. The molecule has 0 aliphatic heterocycles. The minimum Gasteiger partial charge on any atom is -0.491 e. The number of ether oxygens (including phenoxy) is 1. The second kappa shape index (κ2) is 7.28. The number of halogens is 1. The maximum absolute atomic E-state index is 11.8. The van der Waals surface area contributed by atoms with Crippen LogP contribution < -0.4 is 10.1 Å². The van der Waals surface area contributed by atoms with E-state index in [0.717, 1.165) is 16.7 Å². The van der Waals surface area contributed by atoms with E-state index in [0.29, 0.717) is 24.2 Å². The van der Waals surface area contributed by atoms with E-state index in [1.165, 1.54) is 0 Å². The average Bonchev–Trinajstić information content (AvgIpc) is 3.01. The Bertz CT molecular complexity index is 811. The second-order valence-corrected chi connectivity index (χ2v) is 5.67. The maximum atomic E-state index is 11.8. The lowest BCUT2D eigenvalue weighted by Crippen LogP contribution is -2.25. The van der Waals surface area contributed by atoms with Gasteiger partial charge >= 0.3 is 0 Å². The van der Waals surface area contributed by atoms with Gasteiger partial charge in [0.2, 0.25) is 0 Å². The van der Waals surface area contributed by atoms with Gasteiger partial charge in [-0.3, -0.25) is 9.78 Å². The molecule has 5 nitrogen and oxygen atoms in total. The minimum absolute atomic E-state index is 0.234. The van der Waals surface area contributed by atoms with Crippen LogP contribution >= 0.6 is 15.9 Å². The third-order valence-corrected chi connectivity index (χ3v) is 3.68. The zero-order valence-electron chi connectivity index (χ0n) is 12.3. The van der Waals surface area contributed by atoms with Gasteiger partial charge < -0.3 is 14.5 Å². The molecule has 0 fully saturated rings. The van der Waals surface area contributed by atoms with Crippen molar-refractivity contribution in [1.29, 1.82) is 0 Å². The van der Waals surface area contributed by atoms with Gasteiger partial charge in [0.25, 0.3) is 5.91 Å². The normalized spacial score (nSPS) is 10.7. The van der Waals surface area contributed by atoms with E-state index >= 15 is 0 Å². The molecule has 3 rings (SSSR count). The average molecular weight is 375 g/mol. The smallest absolute Gasteiger partial charge is 0.287 e. The number of aromatic nitrogens is 1. The summed E-state index contributed by atoms with van der Waals surface area (Å²) in [6.07, 6.45) is 2.44. The van der Waals surface area contributed by atoms with E-state index in [9.17, 15) is 4.79 Å². The fourth-order valence-electron chi connectivity index (χ4n) is 2.17. The molecular formula is C17H15BrN2O3. The predicted molar refractivity (Wildman–Crippen MR) is 90.6 cm³/mol.